The van der Waals surface area contributed by atoms with Gasteiger partial charge in [0.05, 0.1) is 5.92 Å². The molecule has 4 N–H and O–H groups in total. The molecule has 1 fully saturated rings. The number of hydrogen-bond donors (Lipinski definition) is 3. The van der Waals surface area contributed by atoms with Crippen LogP contribution >= 0.6 is 0 Å². The van der Waals surface area contributed by atoms with E-state index in [0.29, 0.717) is 5.56 Å². The zero-order chi connectivity index (χ0) is 19.7. The van der Waals surface area contributed by atoms with E-state index >= 15 is 0 Å². The number of fused-ring (bicyclic) bond motifs is 1. The summed E-state index contributed by atoms with van der Waals surface area (Å²) in [5, 5.41) is 4.28. The predicted molar refractivity (Wildman–Crippen MR) is 110 cm³/mol. The zero-order valence-corrected chi connectivity index (χ0v) is 15.9. The van der Waals surface area contributed by atoms with Gasteiger partial charge >= 0.3 is 0 Å². The molecule has 144 valence electrons. The first-order valence-electron chi connectivity index (χ1n) is 9.55. The van der Waals surface area contributed by atoms with E-state index < -0.39 is 0 Å². The number of piperazine rings is 1. The van der Waals surface area contributed by atoms with Gasteiger partial charge in [-0.25, -0.2) is 0 Å². The molecule has 3 aromatic rings. The van der Waals surface area contributed by atoms with Crippen molar-refractivity contribution in [2.45, 2.75) is 12.8 Å². The Morgan fingerprint density at radius 2 is 1.79 bits per heavy atom. The van der Waals surface area contributed by atoms with Crippen LogP contribution in [0.2, 0.25) is 0 Å². The number of amides is 2. The van der Waals surface area contributed by atoms with Gasteiger partial charge in [0.2, 0.25) is 5.91 Å². The fourth-order valence-corrected chi connectivity index (χ4v) is 3.66. The molecule has 1 saturated heterocycles. The number of primary amides is 1. The normalized spacial score (nSPS) is 15.5. The van der Waals surface area contributed by atoms with Crippen molar-refractivity contribution in [3.63, 3.8) is 0 Å². The third-order valence-electron chi connectivity index (χ3n) is 5.48. The number of carbonyl (C=O) groups is 2. The highest BCUT2D eigenvalue weighted by Crippen LogP contribution is 2.30. The first-order chi connectivity index (χ1) is 13.5. The van der Waals surface area contributed by atoms with Gasteiger partial charge in [0.15, 0.2) is 0 Å². The van der Waals surface area contributed by atoms with E-state index in [-0.39, 0.29) is 17.7 Å². The third kappa shape index (κ3) is 3.39. The summed E-state index contributed by atoms with van der Waals surface area (Å²) >= 11 is 0. The Balaban J connectivity index is 1.66. The maximum absolute atomic E-state index is 12.8. The SMILES string of the molecule is CC(C(N)=O)c1ccc(-c2c[nH]c3ccc(C(=O)N4CCNCC4)cc23)cc1. The molecule has 6 heteroatoms. The number of aromatic nitrogens is 1. The minimum Gasteiger partial charge on any atom is -0.369 e. The van der Waals surface area contributed by atoms with Crippen LogP contribution in [0.1, 0.15) is 28.8 Å². The quantitative estimate of drug-likeness (QED) is 0.653. The molecule has 0 bridgehead atoms. The number of nitrogens with one attached hydrogen (secondary N) is 2. The van der Waals surface area contributed by atoms with Crippen LogP contribution < -0.4 is 11.1 Å². The molecule has 2 heterocycles. The molecule has 0 aliphatic carbocycles. The summed E-state index contributed by atoms with van der Waals surface area (Å²) in [4.78, 5) is 29.4. The highest BCUT2D eigenvalue weighted by atomic mass is 16.2. The number of hydrogen-bond acceptors (Lipinski definition) is 3. The second kappa shape index (κ2) is 7.48. The zero-order valence-electron chi connectivity index (χ0n) is 15.9. The van der Waals surface area contributed by atoms with Crippen molar-refractivity contribution >= 4 is 22.7 Å². The first-order valence-corrected chi connectivity index (χ1v) is 9.55. The molecule has 2 aromatic carbocycles. The summed E-state index contributed by atoms with van der Waals surface area (Å²) in [6.45, 7) is 4.93. The van der Waals surface area contributed by atoms with Crippen LogP contribution in [0.15, 0.2) is 48.7 Å². The number of benzene rings is 2. The molecule has 1 aliphatic rings. The van der Waals surface area contributed by atoms with Crippen molar-refractivity contribution in [2.75, 3.05) is 26.2 Å². The topological polar surface area (TPSA) is 91.2 Å². The fraction of sp³-hybridized carbons (Fsp3) is 0.273. The van der Waals surface area contributed by atoms with Gasteiger partial charge < -0.3 is 20.9 Å². The molecule has 1 aliphatic heterocycles. The maximum Gasteiger partial charge on any atom is 0.253 e. The lowest BCUT2D eigenvalue weighted by Crippen LogP contribution is -2.46. The lowest BCUT2D eigenvalue weighted by atomic mass is 9.96. The molecule has 1 atom stereocenters. The van der Waals surface area contributed by atoms with Crippen LogP contribution in [0.5, 0.6) is 0 Å². The average molecular weight is 376 g/mol. The molecular formula is C22H24N4O2. The van der Waals surface area contributed by atoms with Gasteiger partial charge in [-0.15, -0.1) is 0 Å². The van der Waals surface area contributed by atoms with Crippen molar-refractivity contribution in [1.29, 1.82) is 0 Å². The van der Waals surface area contributed by atoms with Gasteiger partial charge in [0, 0.05) is 54.4 Å². The molecule has 1 aromatic heterocycles. The van der Waals surface area contributed by atoms with Crippen molar-refractivity contribution in [3.8, 4) is 11.1 Å². The monoisotopic (exact) mass is 376 g/mol. The summed E-state index contributed by atoms with van der Waals surface area (Å²) in [5.41, 5.74) is 10.0. The Morgan fingerprint density at radius 1 is 1.07 bits per heavy atom. The van der Waals surface area contributed by atoms with Crippen LogP contribution in [0.4, 0.5) is 0 Å². The highest BCUT2D eigenvalue weighted by Gasteiger charge is 2.19. The van der Waals surface area contributed by atoms with Crippen molar-refractivity contribution < 1.29 is 9.59 Å². The first kappa shape index (κ1) is 18.3. The standard InChI is InChI=1S/C22H24N4O2/c1-14(21(23)27)15-2-4-16(5-3-15)19-13-25-20-7-6-17(12-18(19)20)22(28)26-10-8-24-9-11-26/h2-7,12-14,24-25H,8-11H2,1H3,(H2,23,27). The summed E-state index contributed by atoms with van der Waals surface area (Å²) in [6.07, 6.45) is 1.95. The van der Waals surface area contributed by atoms with E-state index in [1.807, 2.05) is 53.6 Å². The molecule has 0 saturated carbocycles. The van der Waals surface area contributed by atoms with Crippen molar-refractivity contribution in [2.24, 2.45) is 5.73 Å². The number of rotatable bonds is 4. The van der Waals surface area contributed by atoms with Gasteiger partial charge in [-0.05, 0) is 36.2 Å². The van der Waals surface area contributed by atoms with E-state index in [0.717, 1.165) is 53.8 Å². The molecule has 2 amide bonds. The van der Waals surface area contributed by atoms with E-state index in [2.05, 4.69) is 10.3 Å². The Morgan fingerprint density at radius 3 is 2.46 bits per heavy atom. The Labute approximate surface area is 163 Å². The van der Waals surface area contributed by atoms with Crippen LogP contribution in [0, 0.1) is 0 Å². The van der Waals surface area contributed by atoms with Crippen LogP contribution in [-0.4, -0.2) is 47.9 Å². The summed E-state index contributed by atoms with van der Waals surface area (Å²) in [6, 6.07) is 13.6. The molecular weight excluding hydrogens is 352 g/mol. The van der Waals surface area contributed by atoms with E-state index in [1.165, 1.54) is 0 Å². The molecule has 0 radical (unpaired) electrons. The Hall–Kier alpha value is -3.12. The van der Waals surface area contributed by atoms with Gasteiger partial charge in [-0.3, -0.25) is 9.59 Å². The van der Waals surface area contributed by atoms with Gasteiger partial charge in [0.25, 0.3) is 5.91 Å². The minimum absolute atomic E-state index is 0.0705. The number of carbonyl (C=O) groups excluding carboxylic acids is 2. The lowest BCUT2D eigenvalue weighted by molar-refractivity contribution is -0.119. The Bertz CT molecular complexity index is 1020. The molecule has 0 spiro atoms. The predicted octanol–water partition coefficient (Wildman–Crippen LogP) is 2.47. The third-order valence-corrected chi connectivity index (χ3v) is 5.48. The minimum atomic E-state index is -0.337. The van der Waals surface area contributed by atoms with Gasteiger partial charge in [-0.1, -0.05) is 24.3 Å². The average Bonchev–Trinajstić information content (AvgIpc) is 3.16. The van der Waals surface area contributed by atoms with Gasteiger partial charge in [0.1, 0.15) is 0 Å². The maximum atomic E-state index is 12.8. The number of H-pyrrole nitrogens is 1. The molecule has 4 rings (SSSR count). The van der Waals surface area contributed by atoms with Crippen LogP contribution in [0.3, 0.4) is 0 Å². The number of aromatic amines is 1. The van der Waals surface area contributed by atoms with Crippen LogP contribution in [-0.2, 0) is 4.79 Å². The summed E-state index contributed by atoms with van der Waals surface area (Å²) in [5.74, 6) is -0.586. The van der Waals surface area contributed by atoms with Crippen molar-refractivity contribution in [3.05, 3.63) is 59.8 Å². The number of nitrogens with zero attached hydrogens (tertiary/aromatic N) is 1. The van der Waals surface area contributed by atoms with Crippen molar-refractivity contribution in [1.82, 2.24) is 15.2 Å². The van der Waals surface area contributed by atoms with Crippen LogP contribution in [0.25, 0.3) is 22.0 Å². The highest BCUT2D eigenvalue weighted by molar-refractivity contribution is 6.02. The number of nitrogens with two attached hydrogens (primary N) is 1. The largest absolute Gasteiger partial charge is 0.369 e. The van der Waals surface area contributed by atoms with E-state index in [4.69, 9.17) is 5.73 Å². The van der Waals surface area contributed by atoms with Gasteiger partial charge in [-0.2, -0.15) is 0 Å². The molecule has 6 nitrogen and oxygen atoms in total. The molecule has 28 heavy (non-hydrogen) atoms. The molecule has 1 unspecified atom stereocenters. The second-order valence-electron chi connectivity index (χ2n) is 7.25. The van der Waals surface area contributed by atoms with E-state index in [1.54, 1.807) is 6.92 Å². The second-order valence-corrected chi connectivity index (χ2v) is 7.25. The summed E-state index contributed by atoms with van der Waals surface area (Å²) < 4.78 is 0. The van der Waals surface area contributed by atoms with E-state index in [9.17, 15) is 9.59 Å². The Kier molecular flexibility index (Phi) is 4.88. The smallest absolute Gasteiger partial charge is 0.253 e. The summed E-state index contributed by atoms with van der Waals surface area (Å²) in [7, 11) is 0. The lowest BCUT2D eigenvalue weighted by Gasteiger charge is -2.27. The fourth-order valence-electron chi connectivity index (χ4n) is 3.66.